The molecule has 3 nitrogen and oxygen atoms in total. The van der Waals surface area contributed by atoms with Crippen molar-refractivity contribution in [1.29, 1.82) is 0 Å². The van der Waals surface area contributed by atoms with E-state index in [-0.39, 0.29) is 0 Å². The molecule has 0 atom stereocenters. The highest BCUT2D eigenvalue weighted by molar-refractivity contribution is 6.83. The van der Waals surface area contributed by atoms with Crippen LogP contribution in [-0.2, 0) is 0 Å². The molecule has 0 unspecified atom stereocenters. The van der Waals surface area contributed by atoms with Crippen LogP contribution in [0.5, 0.6) is 0 Å². The van der Waals surface area contributed by atoms with Crippen LogP contribution in [0.1, 0.15) is 152 Å². The minimum absolute atomic E-state index is 0.772. The summed E-state index contributed by atoms with van der Waals surface area (Å²) in [6.45, 7) is 22.8. The molecule has 0 N–H and O–H groups in total. The van der Waals surface area contributed by atoms with E-state index >= 15 is 0 Å². The van der Waals surface area contributed by atoms with Crippen LogP contribution in [0, 0.1) is 27.7 Å². The van der Waals surface area contributed by atoms with E-state index in [2.05, 4.69) is 112 Å². The van der Waals surface area contributed by atoms with Crippen molar-refractivity contribution in [3.63, 3.8) is 0 Å². The molecule has 0 amide bonds. The number of benzene rings is 2. The number of halogens is 2. The molecule has 56 heavy (non-hydrogen) atoms. The Labute approximate surface area is 356 Å². The standard InChI is InChI=1S/C49H77Cl2N3Si2/c1-11-17-26-55(27-18-12-2,28-19-13-3)36-46(53-48-38(7)32-42(50)33-39(48)8)44-24-23-25-45(52-44)47(54-49-40(9)34-43(51)35-41(49)10)37-56(29-20-14-4,30-21-15-5)31-22-16-6/h23-25,32-35H,11-22,26-31,36-37H2,1-10H3. The van der Waals surface area contributed by atoms with Gasteiger partial charge in [-0.2, -0.15) is 0 Å². The molecule has 0 saturated heterocycles. The first-order chi connectivity index (χ1) is 26.9. The van der Waals surface area contributed by atoms with E-state index in [1.165, 1.54) is 125 Å². The van der Waals surface area contributed by atoms with Crippen molar-refractivity contribution in [2.24, 2.45) is 9.98 Å². The number of aromatic nitrogens is 1. The van der Waals surface area contributed by atoms with Gasteiger partial charge in [0.1, 0.15) is 0 Å². The first-order valence-corrected chi connectivity index (χ1v) is 29.0. The Morgan fingerprint density at radius 1 is 0.482 bits per heavy atom. The van der Waals surface area contributed by atoms with E-state index in [0.29, 0.717) is 0 Å². The Bertz CT molecular complexity index is 1500. The third kappa shape index (κ3) is 14.6. The summed E-state index contributed by atoms with van der Waals surface area (Å²) in [6, 6.07) is 25.3. The lowest BCUT2D eigenvalue weighted by Gasteiger charge is -2.34. The van der Waals surface area contributed by atoms with Crippen LogP contribution in [0.3, 0.4) is 0 Å². The zero-order valence-electron chi connectivity index (χ0n) is 37.3. The highest BCUT2D eigenvalue weighted by Gasteiger charge is 2.35. The van der Waals surface area contributed by atoms with Crippen molar-refractivity contribution in [2.75, 3.05) is 0 Å². The summed E-state index contributed by atoms with van der Waals surface area (Å²) in [6.07, 6.45) is 15.3. The molecule has 0 bridgehead atoms. The van der Waals surface area contributed by atoms with E-state index < -0.39 is 16.1 Å². The Balaban J connectivity index is 2.38. The van der Waals surface area contributed by atoms with Gasteiger partial charge in [0.25, 0.3) is 0 Å². The van der Waals surface area contributed by atoms with E-state index in [4.69, 9.17) is 38.2 Å². The fourth-order valence-electron chi connectivity index (χ4n) is 8.86. The molecule has 0 spiro atoms. The molecule has 0 fully saturated rings. The van der Waals surface area contributed by atoms with Crippen LogP contribution in [0.25, 0.3) is 0 Å². The molecule has 0 aliphatic heterocycles. The van der Waals surface area contributed by atoms with Gasteiger partial charge in [-0.3, -0.25) is 9.98 Å². The van der Waals surface area contributed by atoms with Crippen molar-refractivity contribution < 1.29 is 0 Å². The molecule has 1 aromatic heterocycles. The van der Waals surface area contributed by atoms with Gasteiger partial charge in [-0.1, -0.05) is 184 Å². The lowest BCUT2D eigenvalue weighted by molar-refractivity contribution is 0.791. The van der Waals surface area contributed by atoms with Crippen molar-refractivity contribution in [2.45, 2.75) is 195 Å². The van der Waals surface area contributed by atoms with E-state index in [0.717, 1.165) is 67.1 Å². The highest BCUT2D eigenvalue weighted by atomic mass is 35.5. The number of rotatable bonds is 26. The van der Waals surface area contributed by atoms with Crippen LogP contribution in [0.2, 0.25) is 58.4 Å². The minimum atomic E-state index is -1.75. The number of pyridine rings is 1. The second kappa shape index (κ2) is 24.8. The summed E-state index contributed by atoms with van der Waals surface area (Å²) < 4.78 is 0. The molecule has 2 aromatic carbocycles. The fraction of sp³-hybridized carbons (Fsp3) is 0.612. The molecular weight excluding hydrogens is 758 g/mol. The number of aryl methyl sites for hydroxylation is 4. The number of aliphatic imine (C=N–C) groups is 2. The molecule has 0 aliphatic rings. The number of hydrogen-bond donors (Lipinski definition) is 0. The second-order valence-corrected chi connectivity index (χ2v) is 27.9. The highest BCUT2D eigenvalue weighted by Crippen LogP contribution is 2.38. The van der Waals surface area contributed by atoms with Gasteiger partial charge in [0.05, 0.1) is 50.3 Å². The van der Waals surface area contributed by atoms with Gasteiger partial charge in [-0.25, -0.2) is 4.98 Å². The fourth-order valence-corrected chi connectivity index (χ4v) is 20.6. The minimum Gasteiger partial charge on any atom is -0.251 e. The Kier molecular flexibility index (Phi) is 21.4. The maximum Gasteiger partial charge on any atom is 0.0849 e. The van der Waals surface area contributed by atoms with E-state index in [1.807, 2.05) is 0 Å². The molecule has 0 aliphatic carbocycles. The van der Waals surface area contributed by atoms with Crippen LogP contribution in [-0.4, -0.2) is 32.6 Å². The van der Waals surface area contributed by atoms with Crippen molar-refractivity contribution in [3.05, 3.63) is 86.2 Å². The van der Waals surface area contributed by atoms with Crippen LogP contribution in [0.4, 0.5) is 11.4 Å². The SMILES string of the molecule is CCCC[Si](CCCC)(CCCC)CC(=Nc1c(C)cc(Cl)cc1C)c1cccc(C(C[Si](CCCC)(CCCC)CCCC)=Nc2c(C)cc(Cl)cc2C)n1. The molecule has 0 saturated carbocycles. The first kappa shape index (κ1) is 48.3. The van der Waals surface area contributed by atoms with Crippen molar-refractivity contribution in [3.8, 4) is 0 Å². The zero-order chi connectivity index (χ0) is 41.1. The molecule has 310 valence electrons. The first-order valence-electron chi connectivity index (χ1n) is 22.6. The Morgan fingerprint density at radius 3 is 1.00 bits per heavy atom. The number of nitrogens with zero attached hydrogens (tertiary/aromatic N) is 3. The summed E-state index contributed by atoms with van der Waals surface area (Å²) in [5.74, 6) is 0. The Hall–Kier alpha value is -2.06. The normalized spacial score (nSPS) is 12.9. The maximum atomic E-state index is 6.58. The Morgan fingerprint density at radius 2 is 0.750 bits per heavy atom. The third-order valence-electron chi connectivity index (χ3n) is 12.2. The van der Waals surface area contributed by atoms with E-state index in [9.17, 15) is 0 Å². The second-order valence-electron chi connectivity index (χ2n) is 17.3. The van der Waals surface area contributed by atoms with Crippen LogP contribution >= 0.6 is 23.2 Å². The summed E-state index contributed by atoms with van der Waals surface area (Å²) in [7, 11) is -3.49. The molecule has 7 heteroatoms. The van der Waals surface area contributed by atoms with Gasteiger partial charge in [-0.15, -0.1) is 0 Å². The zero-order valence-corrected chi connectivity index (χ0v) is 40.8. The van der Waals surface area contributed by atoms with Gasteiger partial charge < -0.3 is 0 Å². The van der Waals surface area contributed by atoms with Crippen molar-refractivity contribution in [1.82, 2.24) is 4.98 Å². The number of unbranched alkanes of at least 4 members (excludes halogenated alkanes) is 6. The van der Waals surface area contributed by atoms with Gasteiger partial charge in [0.15, 0.2) is 0 Å². The lowest BCUT2D eigenvalue weighted by atomic mass is 10.1. The molecule has 1 heterocycles. The van der Waals surface area contributed by atoms with Gasteiger partial charge >= 0.3 is 0 Å². The molecule has 0 radical (unpaired) electrons. The molecular formula is C49H77Cl2N3Si2. The van der Waals surface area contributed by atoms with Crippen LogP contribution < -0.4 is 0 Å². The van der Waals surface area contributed by atoms with Crippen LogP contribution in [0.15, 0.2) is 52.4 Å². The third-order valence-corrected chi connectivity index (χ3v) is 23.3. The lowest BCUT2D eigenvalue weighted by Crippen LogP contribution is -2.37. The topological polar surface area (TPSA) is 37.6 Å². The van der Waals surface area contributed by atoms with Gasteiger partial charge in [0, 0.05) is 10.0 Å². The molecule has 3 aromatic rings. The smallest absolute Gasteiger partial charge is 0.0849 e. The van der Waals surface area contributed by atoms with Gasteiger partial charge in [0.2, 0.25) is 0 Å². The van der Waals surface area contributed by atoms with E-state index in [1.54, 1.807) is 0 Å². The summed E-state index contributed by atoms with van der Waals surface area (Å²) in [4.78, 5) is 17.1. The molecule has 3 rings (SSSR count). The average molecular weight is 835 g/mol. The predicted octanol–water partition coefficient (Wildman–Crippen LogP) is 17.6. The summed E-state index contributed by atoms with van der Waals surface area (Å²) >= 11 is 13.2. The maximum absolute atomic E-state index is 6.58. The largest absolute Gasteiger partial charge is 0.251 e. The monoisotopic (exact) mass is 834 g/mol. The van der Waals surface area contributed by atoms with Crippen molar-refractivity contribution >= 4 is 62.1 Å². The van der Waals surface area contributed by atoms with Gasteiger partial charge in [-0.05, 0) is 98.4 Å². The summed E-state index contributed by atoms with van der Waals surface area (Å²) in [5, 5.41) is 1.54. The quantitative estimate of drug-likeness (QED) is 0.0586. The predicted molar refractivity (Wildman–Crippen MR) is 258 cm³/mol. The average Bonchev–Trinajstić information content (AvgIpc) is 3.17. The summed E-state index contributed by atoms with van der Waals surface area (Å²) in [5.41, 5.74) is 11.0. The number of hydrogen-bond acceptors (Lipinski definition) is 3.